The van der Waals surface area contributed by atoms with E-state index < -0.39 is 6.10 Å². The highest BCUT2D eigenvalue weighted by atomic mass is 79.9. The second-order valence-electron chi connectivity index (χ2n) is 5.65. The molecular weight excluding hydrogens is 318 g/mol. The van der Waals surface area contributed by atoms with Crippen molar-refractivity contribution in [3.8, 4) is 0 Å². The van der Waals surface area contributed by atoms with E-state index in [0.29, 0.717) is 6.04 Å². The minimum Gasteiger partial charge on any atom is -0.389 e. The maximum absolute atomic E-state index is 9.67. The Balaban J connectivity index is 2.22. The zero-order valence-corrected chi connectivity index (χ0v) is 14.1. The first-order valence-corrected chi connectivity index (χ1v) is 8.07. The third-order valence-electron chi connectivity index (χ3n) is 4.10. The molecule has 1 aliphatic carbocycles. The van der Waals surface area contributed by atoms with E-state index in [9.17, 15) is 5.11 Å². The lowest BCUT2D eigenvalue weighted by molar-refractivity contribution is 0.199. The monoisotopic (exact) mass is 341 g/mol. The number of ether oxygens (including phenoxy) is 1. The predicted octanol–water partition coefficient (Wildman–Crippen LogP) is 3.75. The fraction of sp³-hybridized carbons (Fsp3) is 0.625. The van der Waals surface area contributed by atoms with E-state index in [4.69, 9.17) is 4.74 Å². The number of rotatable bonds is 7. The summed E-state index contributed by atoms with van der Waals surface area (Å²) in [5, 5.41) is 9.67. The molecule has 0 heterocycles. The standard InChI is InChI=1S/C16H24BrNO2/c1-11(13-4-5-13)18(8-9-20-3)16-7-6-14(12(2)19)10-15(16)17/h6-7,10-13,19H,4-5,8-9H2,1-3H3/t11?,12-/m0/s1. The molecule has 0 aromatic heterocycles. The number of aliphatic hydroxyl groups is 1. The van der Waals surface area contributed by atoms with Crippen LogP contribution < -0.4 is 4.90 Å². The molecule has 1 fully saturated rings. The van der Waals surface area contributed by atoms with Crippen LogP contribution in [-0.2, 0) is 4.74 Å². The molecule has 3 nitrogen and oxygen atoms in total. The van der Waals surface area contributed by atoms with Gasteiger partial charge in [-0.05, 0) is 66.2 Å². The predicted molar refractivity (Wildman–Crippen MR) is 86.2 cm³/mol. The molecule has 0 radical (unpaired) electrons. The van der Waals surface area contributed by atoms with Gasteiger partial charge < -0.3 is 14.7 Å². The summed E-state index contributed by atoms with van der Waals surface area (Å²) in [7, 11) is 1.74. The fourth-order valence-electron chi connectivity index (χ4n) is 2.58. The van der Waals surface area contributed by atoms with Crippen molar-refractivity contribution in [1.29, 1.82) is 0 Å². The van der Waals surface area contributed by atoms with Crippen molar-refractivity contribution < 1.29 is 9.84 Å². The van der Waals surface area contributed by atoms with Gasteiger partial charge in [0.1, 0.15) is 0 Å². The third kappa shape index (κ3) is 3.74. The van der Waals surface area contributed by atoms with Crippen LogP contribution in [0.25, 0.3) is 0 Å². The summed E-state index contributed by atoms with van der Waals surface area (Å²) in [5.41, 5.74) is 2.12. The van der Waals surface area contributed by atoms with Gasteiger partial charge in [0.2, 0.25) is 0 Å². The Labute approximate surface area is 130 Å². The van der Waals surface area contributed by atoms with Crippen LogP contribution in [0.15, 0.2) is 22.7 Å². The lowest BCUT2D eigenvalue weighted by Gasteiger charge is -2.32. The quantitative estimate of drug-likeness (QED) is 0.819. The number of aliphatic hydroxyl groups excluding tert-OH is 1. The maximum atomic E-state index is 9.67. The van der Waals surface area contributed by atoms with Crippen LogP contribution in [0.1, 0.15) is 38.4 Å². The molecule has 0 saturated heterocycles. The van der Waals surface area contributed by atoms with Gasteiger partial charge in [-0.15, -0.1) is 0 Å². The zero-order valence-electron chi connectivity index (χ0n) is 12.5. The Morgan fingerprint density at radius 2 is 2.10 bits per heavy atom. The van der Waals surface area contributed by atoms with Gasteiger partial charge in [-0.25, -0.2) is 0 Å². The summed E-state index contributed by atoms with van der Waals surface area (Å²) in [5.74, 6) is 0.801. The van der Waals surface area contributed by atoms with E-state index in [1.54, 1.807) is 14.0 Å². The van der Waals surface area contributed by atoms with Crippen LogP contribution in [0.4, 0.5) is 5.69 Å². The Hall–Kier alpha value is -0.580. The van der Waals surface area contributed by atoms with Crippen molar-refractivity contribution in [3.63, 3.8) is 0 Å². The lowest BCUT2D eigenvalue weighted by atomic mass is 10.1. The van der Waals surface area contributed by atoms with Crippen LogP contribution >= 0.6 is 15.9 Å². The van der Waals surface area contributed by atoms with Crippen molar-refractivity contribution in [3.05, 3.63) is 28.2 Å². The smallest absolute Gasteiger partial charge is 0.0762 e. The fourth-order valence-corrected chi connectivity index (χ4v) is 3.21. The molecule has 4 heteroatoms. The van der Waals surface area contributed by atoms with Gasteiger partial charge >= 0.3 is 0 Å². The zero-order chi connectivity index (χ0) is 14.7. The molecule has 1 aromatic carbocycles. The summed E-state index contributed by atoms with van der Waals surface area (Å²) >= 11 is 3.65. The van der Waals surface area contributed by atoms with Crippen molar-refractivity contribution >= 4 is 21.6 Å². The van der Waals surface area contributed by atoms with Gasteiger partial charge in [-0.1, -0.05) is 6.07 Å². The molecule has 1 unspecified atom stereocenters. The molecule has 2 rings (SSSR count). The maximum Gasteiger partial charge on any atom is 0.0762 e. The van der Waals surface area contributed by atoms with Crippen molar-refractivity contribution in [2.75, 3.05) is 25.2 Å². The van der Waals surface area contributed by atoms with Gasteiger partial charge in [0.05, 0.1) is 18.4 Å². The summed E-state index contributed by atoms with van der Waals surface area (Å²) in [6.07, 6.45) is 2.22. The first kappa shape index (κ1) is 15.8. The molecule has 0 aliphatic heterocycles. The van der Waals surface area contributed by atoms with Gasteiger partial charge in [0, 0.05) is 24.2 Å². The first-order chi connectivity index (χ1) is 9.54. The Kier molecular flexibility index (Phi) is 5.47. The number of anilines is 1. The normalized spacial score (nSPS) is 17.9. The summed E-state index contributed by atoms with van der Waals surface area (Å²) < 4.78 is 6.29. The Bertz CT molecular complexity index is 446. The molecule has 1 aliphatic rings. The second-order valence-corrected chi connectivity index (χ2v) is 6.51. The van der Waals surface area contributed by atoms with Crippen LogP contribution in [0.2, 0.25) is 0 Å². The van der Waals surface area contributed by atoms with E-state index in [1.807, 2.05) is 12.1 Å². The largest absolute Gasteiger partial charge is 0.389 e. The van der Waals surface area contributed by atoms with Gasteiger partial charge in [0.15, 0.2) is 0 Å². The Morgan fingerprint density at radius 1 is 1.40 bits per heavy atom. The molecule has 20 heavy (non-hydrogen) atoms. The Morgan fingerprint density at radius 3 is 2.60 bits per heavy atom. The number of hydrogen-bond donors (Lipinski definition) is 1. The average Bonchev–Trinajstić information content (AvgIpc) is 3.24. The number of hydrogen-bond acceptors (Lipinski definition) is 3. The molecule has 2 atom stereocenters. The van der Waals surface area contributed by atoms with Crippen molar-refractivity contribution in [2.24, 2.45) is 5.92 Å². The highest BCUT2D eigenvalue weighted by molar-refractivity contribution is 9.10. The van der Waals surface area contributed by atoms with E-state index in [0.717, 1.165) is 29.1 Å². The summed E-state index contributed by atoms with van der Waals surface area (Å²) in [6, 6.07) is 6.64. The topological polar surface area (TPSA) is 32.7 Å². The van der Waals surface area contributed by atoms with Gasteiger partial charge in [0.25, 0.3) is 0 Å². The van der Waals surface area contributed by atoms with E-state index in [1.165, 1.54) is 18.5 Å². The van der Waals surface area contributed by atoms with Gasteiger partial charge in [-0.3, -0.25) is 0 Å². The molecule has 1 N–H and O–H groups in total. The highest BCUT2D eigenvalue weighted by Crippen LogP contribution is 2.39. The van der Waals surface area contributed by atoms with E-state index in [-0.39, 0.29) is 0 Å². The number of methoxy groups -OCH3 is 1. The van der Waals surface area contributed by atoms with Crippen LogP contribution in [-0.4, -0.2) is 31.4 Å². The van der Waals surface area contributed by atoms with Gasteiger partial charge in [-0.2, -0.15) is 0 Å². The molecular formula is C16H24BrNO2. The number of nitrogens with zero attached hydrogens (tertiary/aromatic N) is 1. The molecule has 112 valence electrons. The average molecular weight is 342 g/mol. The van der Waals surface area contributed by atoms with Crippen LogP contribution in [0.5, 0.6) is 0 Å². The minimum absolute atomic E-state index is 0.436. The van der Waals surface area contributed by atoms with Crippen molar-refractivity contribution in [2.45, 2.75) is 38.8 Å². The molecule has 1 saturated carbocycles. The van der Waals surface area contributed by atoms with Crippen LogP contribution in [0, 0.1) is 5.92 Å². The van der Waals surface area contributed by atoms with E-state index in [2.05, 4.69) is 33.8 Å². The summed E-state index contributed by atoms with van der Waals surface area (Å²) in [6.45, 7) is 5.70. The first-order valence-electron chi connectivity index (χ1n) is 7.27. The van der Waals surface area contributed by atoms with Crippen molar-refractivity contribution in [1.82, 2.24) is 0 Å². The molecule has 1 aromatic rings. The highest BCUT2D eigenvalue weighted by Gasteiger charge is 2.32. The summed E-state index contributed by atoms with van der Waals surface area (Å²) in [4.78, 5) is 2.41. The van der Waals surface area contributed by atoms with Crippen LogP contribution in [0.3, 0.4) is 0 Å². The third-order valence-corrected chi connectivity index (χ3v) is 4.73. The second kappa shape index (κ2) is 6.92. The SMILES string of the molecule is COCCN(c1ccc([C@H](C)O)cc1Br)C(C)C1CC1. The number of halogens is 1. The number of benzene rings is 1. The molecule has 0 amide bonds. The minimum atomic E-state index is -0.436. The lowest BCUT2D eigenvalue weighted by Crippen LogP contribution is -2.37. The molecule has 0 spiro atoms. The molecule has 0 bridgehead atoms. The van der Waals surface area contributed by atoms with E-state index >= 15 is 0 Å².